The van der Waals surface area contributed by atoms with E-state index in [1.165, 1.54) is 23.9 Å². The van der Waals surface area contributed by atoms with Gasteiger partial charge in [0.1, 0.15) is 22.4 Å². The van der Waals surface area contributed by atoms with Gasteiger partial charge in [-0.05, 0) is 55.5 Å². The number of carbonyl (C=O) groups is 1. The molecule has 2 fully saturated rings. The van der Waals surface area contributed by atoms with Crippen molar-refractivity contribution in [1.82, 2.24) is 14.9 Å². The number of nitrogens with zero attached hydrogens (tertiary/aromatic N) is 3. The van der Waals surface area contributed by atoms with Gasteiger partial charge in [-0.2, -0.15) is 5.26 Å². The van der Waals surface area contributed by atoms with Crippen molar-refractivity contribution in [1.29, 1.82) is 5.26 Å². The molecule has 0 saturated heterocycles. The zero-order chi connectivity index (χ0) is 24.8. The number of carbonyl (C=O) groups excluding carboxylic acids is 1. The van der Waals surface area contributed by atoms with E-state index in [1.54, 1.807) is 30.3 Å². The van der Waals surface area contributed by atoms with E-state index < -0.39 is 26.1 Å². The lowest BCUT2D eigenvalue weighted by atomic mass is 10.1. The van der Waals surface area contributed by atoms with Gasteiger partial charge < -0.3 is 14.6 Å². The molecule has 2 aliphatic rings. The molecule has 2 aliphatic carbocycles. The van der Waals surface area contributed by atoms with Crippen LogP contribution in [-0.4, -0.2) is 40.5 Å². The summed E-state index contributed by atoms with van der Waals surface area (Å²) in [5, 5.41) is 12.0. The summed E-state index contributed by atoms with van der Waals surface area (Å²) in [4.78, 5) is 30.1. The Balaban J connectivity index is 1.37. The molecule has 10 heteroatoms. The molecule has 2 saturated carbocycles. The Morgan fingerprint density at radius 3 is 2.60 bits per heavy atom. The number of pyridine rings is 2. The molecule has 0 bridgehead atoms. The van der Waals surface area contributed by atoms with E-state index in [0.29, 0.717) is 42.1 Å². The quantitative estimate of drug-likeness (QED) is 0.510. The second-order valence-electron chi connectivity index (χ2n) is 9.18. The number of hydrogen-bond donors (Lipinski definition) is 1. The summed E-state index contributed by atoms with van der Waals surface area (Å²) in [5.41, 5.74) is 1.18. The second kappa shape index (κ2) is 8.50. The largest absolute Gasteiger partial charge is 0.474 e. The lowest BCUT2D eigenvalue weighted by Crippen LogP contribution is -2.34. The van der Waals surface area contributed by atoms with Crippen molar-refractivity contribution in [3.63, 3.8) is 0 Å². The first-order valence-corrected chi connectivity index (χ1v) is 12.9. The van der Waals surface area contributed by atoms with Gasteiger partial charge in [-0.3, -0.25) is 9.59 Å². The van der Waals surface area contributed by atoms with Crippen LogP contribution in [0.25, 0.3) is 10.9 Å². The third-order valence-corrected chi connectivity index (χ3v) is 9.80. The van der Waals surface area contributed by atoms with Crippen molar-refractivity contribution in [2.75, 3.05) is 6.61 Å². The van der Waals surface area contributed by atoms with Gasteiger partial charge in [0.2, 0.25) is 5.88 Å². The van der Waals surface area contributed by atoms with Crippen LogP contribution in [-0.2, 0) is 23.4 Å². The maximum Gasteiger partial charge on any atom is 0.263 e. The molecule has 2 aromatic heterocycles. The van der Waals surface area contributed by atoms with E-state index >= 15 is 0 Å². The molecule has 180 valence electrons. The molecule has 1 aromatic carbocycles. The highest BCUT2D eigenvalue weighted by Gasteiger charge is 2.60. The average Bonchev–Trinajstić information content (AvgIpc) is 3.77. The number of hydrogen-bond acceptors (Lipinski definition) is 7. The first-order chi connectivity index (χ1) is 16.8. The van der Waals surface area contributed by atoms with Crippen molar-refractivity contribution in [3.8, 4) is 11.9 Å². The third kappa shape index (κ3) is 4.17. The van der Waals surface area contributed by atoms with Crippen molar-refractivity contribution < 1.29 is 17.9 Å². The standard InChI is InChI=1S/C25H24N4O5S/c1-29-21-18(8-11-27-23(21)34-15-25(9-10-25)35(32,33)19-6-7-19)12-20(24(29)31)22(30)28-14-17-4-2-16(13-26)3-5-17/h2-5,8,11-12,19H,6-7,9-10,14-15H2,1H3,(H,28,30). The number of nitriles is 1. The molecule has 0 radical (unpaired) electrons. The Kier molecular flexibility index (Phi) is 5.60. The second-order valence-corrected chi connectivity index (χ2v) is 11.8. The maximum absolute atomic E-state index is 13.0. The highest BCUT2D eigenvalue weighted by atomic mass is 32.2. The minimum Gasteiger partial charge on any atom is -0.474 e. The minimum absolute atomic E-state index is 0.00103. The van der Waals surface area contributed by atoms with Gasteiger partial charge in [0, 0.05) is 25.2 Å². The third-order valence-electron chi connectivity index (χ3n) is 6.72. The number of nitrogens with one attached hydrogen (secondary N) is 1. The van der Waals surface area contributed by atoms with Crippen LogP contribution >= 0.6 is 0 Å². The fourth-order valence-electron chi connectivity index (χ4n) is 4.23. The summed E-state index contributed by atoms with van der Waals surface area (Å²) in [6, 6.07) is 12.0. The Morgan fingerprint density at radius 2 is 1.97 bits per heavy atom. The Labute approximate surface area is 202 Å². The van der Waals surface area contributed by atoms with Gasteiger partial charge in [-0.25, -0.2) is 13.4 Å². The van der Waals surface area contributed by atoms with Crippen LogP contribution in [0.1, 0.15) is 47.2 Å². The fourth-order valence-corrected chi connectivity index (χ4v) is 6.59. The summed E-state index contributed by atoms with van der Waals surface area (Å²) < 4.78 is 31.9. The van der Waals surface area contributed by atoms with Crippen LogP contribution in [0.15, 0.2) is 47.4 Å². The molecule has 35 heavy (non-hydrogen) atoms. The normalized spacial score (nSPS) is 16.5. The van der Waals surface area contributed by atoms with Gasteiger partial charge in [0.25, 0.3) is 11.5 Å². The molecule has 3 aromatic rings. The van der Waals surface area contributed by atoms with Gasteiger partial charge >= 0.3 is 0 Å². The first kappa shape index (κ1) is 23.1. The molecule has 9 nitrogen and oxygen atoms in total. The molecular weight excluding hydrogens is 468 g/mol. The van der Waals surface area contributed by atoms with E-state index in [2.05, 4.69) is 10.3 Å². The molecule has 5 rings (SSSR count). The van der Waals surface area contributed by atoms with Crippen LogP contribution in [0.4, 0.5) is 0 Å². The highest BCUT2D eigenvalue weighted by molar-refractivity contribution is 7.94. The van der Waals surface area contributed by atoms with Crippen LogP contribution in [0.2, 0.25) is 0 Å². The molecule has 0 aliphatic heterocycles. The van der Waals surface area contributed by atoms with Gasteiger partial charge in [-0.1, -0.05) is 12.1 Å². The number of rotatable bonds is 8. The summed E-state index contributed by atoms with van der Waals surface area (Å²) >= 11 is 0. The summed E-state index contributed by atoms with van der Waals surface area (Å²) in [6.07, 6.45) is 4.07. The molecule has 0 unspecified atom stereocenters. The molecule has 1 N–H and O–H groups in total. The fraction of sp³-hybridized carbons (Fsp3) is 0.360. The van der Waals surface area contributed by atoms with Crippen LogP contribution < -0.4 is 15.6 Å². The Morgan fingerprint density at radius 1 is 1.26 bits per heavy atom. The van der Waals surface area contributed by atoms with E-state index in [-0.39, 0.29) is 29.8 Å². The van der Waals surface area contributed by atoms with E-state index in [9.17, 15) is 18.0 Å². The smallest absolute Gasteiger partial charge is 0.263 e. The Bertz CT molecular complexity index is 1530. The lowest BCUT2D eigenvalue weighted by molar-refractivity contribution is 0.0949. The summed E-state index contributed by atoms with van der Waals surface area (Å²) in [5.74, 6) is -0.354. The molecule has 1 amide bonds. The zero-order valence-corrected chi connectivity index (χ0v) is 20.0. The van der Waals surface area contributed by atoms with Crippen molar-refractivity contribution in [3.05, 3.63) is 69.6 Å². The monoisotopic (exact) mass is 492 g/mol. The van der Waals surface area contributed by atoms with Crippen molar-refractivity contribution in [2.24, 2.45) is 7.05 Å². The number of sulfone groups is 1. The number of aryl methyl sites for hydroxylation is 1. The lowest BCUT2D eigenvalue weighted by Gasteiger charge is -2.18. The molecular formula is C25H24N4O5S. The van der Waals surface area contributed by atoms with Crippen LogP contribution in [0.5, 0.6) is 5.88 Å². The van der Waals surface area contributed by atoms with Gasteiger partial charge in [0.15, 0.2) is 9.84 Å². The zero-order valence-electron chi connectivity index (χ0n) is 19.2. The number of ether oxygens (including phenoxy) is 1. The van der Waals surface area contributed by atoms with E-state index in [1.807, 2.05) is 6.07 Å². The van der Waals surface area contributed by atoms with Crippen LogP contribution in [0.3, 0.4) is 0 Å². The number of fused-ring (bicyclic) bond motifs is 1. The number of benzene rings is 1. The molecule has 2 heterocycles. The van der Waals surface area contributed by atoms with Gasteiger partial charge in [0.05, 0.1) is 16.9 Å². The minimum atomic E-state index is -3.24. The molecule has 0 atom stereocenters. The van der Waals surface area contributed by atoms with E-state index in [0.717, 1.165) is 5.56 Å². The summed E-state index contributed by atoms with van der Waals surface area (Å²) in [6.45, 7) is 0.201. The average molecular weight is 493 g/mol. The van der Waals surface area contributed by atoms with Crippen molar-refractivity contribution >= 4 is 26.6 Å². The van der Waals surface area contributed by atoms with Crippen molar-refractivity contribution in [2.45, 2.75) is 42.2 Å². The topological polar surface area (TPSA) is 131 Å². The van der Waals surface area contributed by atoms with Gasteiger partial charge in [-0.15, -0.1) is 0 Å². The summed E-state index contributed by atoms with van der Waals surface area (Å²) in [7, 11) is -1.71. The number of amides is 1. The predicted molar refractivity (Wildman–Crippen MR) is 129 cm³/mol. The van der Waals surface area contributed by atoms with E-state index in [4.69, 9.17) is 10.00 Å². The molecule has 0 spiro atoms. The highest BCUT2D eigenvalue weighted by Crippen LogP contribution is 2.50. The SMILES string of the molecule is Cn1c(=O)c(C(=O)NCc2ccc(C#N)cc2)cc2ccnc(OCC3(S(=O)(=O)C4CC4)CC3)c21. The van der Waals surface area contributed by atoms with Crippen LogP contribution in [0, 0.1) is 11.3 Å². The number of aromatic nitrogens is 2. The predicted octanol–water partition coefficient (Wildman–Crippen LogP) is 2.22. The maximum atomic E-state index is 13.0. The first-order valence-electron chi connectivity index (χ1n) is 11.4. The Hall–Kier alpha value is -3.71.